The van der Waals surface area contributed by atoms with Gasteiger partial charge in [0.15, 0.2) is 0 Å². The second-order valence-electron chi connectivity index (χ2n) is 6.23. The highest BCUT2D eigenvalue weighted by molar-refractivity contribution is 5.80. The van der Waals surface area contributed by atoms with Gasteiger partial charge in [-0.15, -0.1) is 0 Å². The Morgan fingerprint density at radius 3 is 2.26 bits per heavy atom. The van der Waals surface area contributed by atoms with Crippen molar-refractivity contribution in [3.63, 3.8) is 0 Å². The van der Waals surface area contributed by atoms with E-state index in [1.807, 2.05) is 12.1 Å². The van der Waals surface area contributed by atoms with Crippen molar-refractivity contribution in [1.82, 2.24) is 14.3 Å². The largest absolute Gasteiger partial charge is 0.497 e. The van der Waals surface area contributed by atoms with Crippen molar-refractivity contribution in [2.75, 3.05) is 27.9 Å². The van der Waals surface area contributed by atoms with Gasteiger partial charge in [-0.1, -0.05) is 0 Å². The van der Waals surface area contributed by atoms with Crippen LogP contribution in [0.25, 0.3) is 10.9 Å². The summed E-state index contributed by atoms with van der Waals surface area (Å²) in [5, 5.41) is 3.48. The molecule has 2 aromatic heterocycles. The summed E-state index contributed by atoms with van der Waals surface area (Å²) in [5.41, 5.74) is 1.61. The predicted octanol–water partition coefficient (Wildman–Crippen LogP) is 1.51. The lowest BCUT2D eigenvalue weighted by Crippen LogP contribution is -2.24. The van der Waals surface area contributed by atoms with E-state index in [1.54, 1.807) is 38.9 Å². The van der Waals surface area contributed by atoms with E-state index < -0.39 is 0 Å². The molecule has 1 N–H and O–H groups in total. The van der Waals surface area contributed by atoms with E-state index in [-0.39, 0.29) is 11.1 Å². The van der Waals surface area contributed by atoms with Crippen LogP contribution in [-0.2, 0) is 17.8 Å². The number of aromatic amines is 1. The number of methoxy groups -OCH3 is 3. The molecule has 0 aliphatic carbocycles. The minimum Gasteiger partial charge on any atom is -0.497 e. The van der Waals surface area contributed by atoms with Crippen molar-refractivity contribution in [1.29, 1.82) is 0 Å². The van der Waals surface area contributed by atoms with Crippen molar-refractivity contribution < 1.29 is 14.2 Å². The molecule has 0 saturated carbocycles. The molecule has 0 aliphatic heterocycles. The molecule has 0 bridgehead atoms. The summed E-state index contributed by atoms with van der Waals surface area (Å²) in [7, 11) is 4.72. The lowest BCUT2D eigenvalue weighted by atomic mass is 10.1. The Morgan fingerprint density at radius 1 is 1.00 bits per heavy atom. The Bertz CT molecular complexity index is 1060. The van der Waals surface area contributed by atoms with Crippen LogP contribution < -0.4 is 20.6 Å². The van der Waals surface area contributed by atoms with E-state index in [0.717, 1.165) is 5.56 Å². The molecule has 8 nitrogen and oxygen atoms in total. The molecule has 0 radical (unpaired) electrons. The highest BCUT2D eigenvalue weighted by Gasteiger charge is 2.15. The third-order valence-corrected chi connectivity index (χ3v) is 4.56. The number of benzene rings is 1. The van der Waals surface area contributed by atoms with Gasteiger partial charge in [-0.25, -0.2) is 4.68 Å². The average Bonchev–Trinajstić information content (AvgIpc) is 2.98. The van der Waals surface area contributed by atoms with Crippen LogP contribution in [0.1, 0.15) is 11.3 Å². The van der Waals surface area contributed by atoms with Crippen LogP contribution in [0.5, 0.6) is 11.5 Å². The summed E-state index contributed by atoms with van der Waals surface area (Å²) in [5.74, 6) is 1.28. The van der Waals surface area contributed by atoms with Crippen molar-refractivity contribution in [3.8, 4) is 11.5 Å². The fraction of sp³-hybridized carbons (Fsp3) is 0.368. The number of aryl methyl sites for hydroxylation is 1. The maximum Gasteiger partial charge on any atom is 0.276 e. The molecule has 27 heavy (non-hydrogen) atoms. The Morgan fingerprint density at radius 2 is 1.67 bits per heavy atom. The third-order valence-electron chi connectivity index (χ3n) is 4.56. The first kappa shape index (κ1) is 18.8. The normalized spacial score (nSPS) is 11.1. The fourth-order valence-corrected chi connectivity index (χ4v) is 3.13. The quantitative estimate of drug-likeness (QED) is 0.678. The molecule has 8 heteroatoms. The maximum absolute atomic E-state index is 12.7. The smallest absolute Gasteiger partial charge is 0.276 e. The zero-order valence-electron chi connectivity index (χ0n) is 15.9. The fourth-order valence-electron chi connectivity index (χ4n) is 3.13. The molecular weight excluding hydrogens is 350 g/mol. The topological polar surface area (TPSA) is 87.5 Å². The second kappa shape index (κ2) is 7.71. The van der Waals surface area contributed by atoms with Crippen LogP contribution in [-0.4, -0.2) is 42.3 Å². The number of fused-ring (bicyclic) bond motifs is 1. The van der Waals surface area contributed by atoms with Gasteiger partial charge < -0.3 is 18.8 Å². The molecule has 0 fully saturated rings. The van der Waals surface area contributed by atoms with Crippen molar-refractivity contribution >= 4 is 10.9 Å². The molecule has 0 spiro atoms. The average molecular weight is 373 g/mol. The Hall–Kier alpha value is -3.00. The number of hydrogen-bond donors (Lipinski definition) is 1. The first-order chi connectivity index (χ1) is 13.0. The Labute approximate surface area is 155 Å². The maximum atomic E-state index is 12.7. The summed E-state index contributed by atoms with van der Waals surface area (Å²) in [4.78, 5) is 25.3. The highest BCUT2D eigenvalue weighted by atomic mass is 16.5. The van der Waals surface area contributed by atoms with Gasteiger partial charge >= 0.3 is 0 Å². The number of nitrogens with one attached hydrogen (secondary N) is 1. The monoisotopic (exact) mass is 373 g/mol. The lowest BCUT2D eigenvalue weighted by Gasteiger charge is -2.12. The van der Waals surface area contributed by atoms with Gasteiger partial charge in [0.2, 0.25) is 0 Å². The van der Waals surface area contributed by atoms with Gasteiger partial charge in [0.1, 0.15) is 11.5 Å². The summed E-state index contributed by atoms with van der Waals surface area (Å²) >= 11 is 0. The van der Waals surface area contributed by atoms with Gasteiger partial charge in [0, 0.05) is 24.9 Å². The first-order valence-corrected chi connectivity index (χ1v) is 8.52. The number of rotatable bonds is 7. The molecule has 0 saturated heterocycles. The first-order valence-electron chi connectivity index (χ1n) is 8.52. The predicted molar refractivity (Wildman–Crippen MR) is 102 cm³/mol. The number of pyridine rings is 1. The van der Waals surface area contributed by atoms with Crippen LogP contribution in [0.15, 0.2) is 33.9 Å². The second-order valence-corrected chi connectivity index (χ2v) is 6.23. The molecule has 0 aliphatic rings. The van der Waals surface area contributed by atoms with E-state index in [2.05, 4.69) is 5.10 Å². The number of H-pyrrole nitrogens is 1. The van der Waals surface area contributed by atoms with E-state index >= 15 is 0 Å². The number of ether oxygens (including phenoxy) is 3. The summed E-state index contributed by atoms with van der Waals surface area (Å²) in [6.45, 7) is 2.87. The van der Waals surface area contributed by atoms with E-state index in [9.17, 15) is 9.59 Å². The minimum absolute atomic E-state index is 0.170. The summed E-state index contributed by atoms with van der Waals surface area (Å²) < 4.78 is 18.6. The zero-order chi connectivity index (χ0) is 19.6. The van der Waals surface area contributed by atoms with Crippen LogP contribution in [0, 0.1) is 6.92 Å². The van der Waals surface area contributed by atoms with Crippen molar-refractivity contribution in [3.05, 3.63) is 56.2 Å². The Kier molecular flexibility index (Phi) is 5.36. The zero-order valence-corrected chi connectivity index (χ0v) is 15.9. The highest BCUT2D eigenvalue weighted by Crippen LogP contribution is 2.23. The molecular formula is C19H23N3O5. The van der Waals surface area contributed by atoms with E-state index in [0.29, 0.717) is 47.8 Å². The number of nitrogens with zero attached hydrogens (tertiary/aromatic N) is 2. The molecule has 0 unspecified atom stereocenters. The third kappa shape index (κ3) is 3.61. The summed E-state index contributed by atoms with van der Waals surface area (Å²) in [6.07, 6.45) is 0. The van der Waals surface area contributed by atoms with Gasteiger partial charge in [-0.3, -0.25) is 14.7 Å². The van der Waals surface area contributed by atoms with E-state index in [4.69, 9.17) is 14.2 Å². The van der Waals surface area contributed by atoms with Gasteiger partial charge in [-0.05, 0) is 24.6 Å². The molecule has 0 amide bonds. The van der Waals surface area contributed by atoms with Gasteiger partial charge in [0.25, 0.3) is 11.1 Å². The van der Waals surface area contributed by atoms with E-state index in [1.165, 1.54) is 10.7 Å². The molecule has 3 aromatic rings. The lowest BCUT2D eigenvalue weighted by molar-refractivity contribution is 0.183. The standard InChI is InChI=1S/C19H23N3O5/c1-12-18-16(20-22(19(18)24)5-6-25-2)10-17(23)21(12)11-13-7-14(26-3)9-15(8-13)27-4/h7-10,20H,5-6,11H2,1-4H3. The number of aromatic nitrogens is 3. The van der Waals surface area contributed by atoms with Crippen LogP contribution >= 0.6 is 0 Å². The van der Waals surface area contributed by atoms with Crippen molar-refractivity contribution in [2.45, 2.75) is 20.0 Å². The van der Waals surface area contributed by atoms with Crippen LogP contribution in [0.4, 0.5) is 0 Å². The summed E-state index contributed by atoms with van der Waals surface area (Å²) in [6, 6.07) is 6.90. The number of hydrogen-bond acceptors (Lipinski definition) is 5. The molecule has 3 rings (SSSR count). The van der Waals surface area contributed by atoms with Crippen molar-refractivity contribution in [2.24, 2.45) is 0 Å². The Balaban J connectivity index is 2.09. The molecule has 0 atom stereocenters. The van der Waals surface area contributed by atoms with Gasteiger partial charge in [0.05, 0.1) is 44.8 Å². The minimum atomic E-state index is -0.193. The molecule has 1 aromatic carbocycles. The molecule has 2 heterocycles. The SMILES string of the molecule is COCCn1[nH]c2cc(=O)n(Cc3cc(OC)cc(OC)c3)c(C)c2c1=O. The van der Waals surface area contributed by atoms with Gasteiger partial charge in [-0.2, -0.15) is 0 Å². The van der Waals surface area contributed by atoms with Crippen LogP contribution in [0.3, 0.4) is 0 Å². The van der Waals surface area contributed by atoms with Crippen LogP contribution in [0.2, 0.25) is 0 Å². The molecule has 144 valence electrons.